The van der Waals surface area contributed by atoms with Crippen LogP contribution in [0.2, 0.25) is 0 Å². The normalized spacial score (nSPS) is 45.8. The van der Waals surface area contributed by atoms with Gasteiger partial charge in [-0.05, 0) is 31.1 Å². The van der Waals surface area contributed by atoms with Crippen molar-refractivity contribution < 1.29 is 5.11 Å². The highest BCUT2D eigenvalue weighted by molar-refractivity contribution is 4.91. The quantitative estimate of drug-likeness (QED) is 0.618. The average molecular weight is 156 g/mol. The zero-order valence-corrected chi connectivity index (χ0v) is 7.93. The molecule has 1 N–H and O–H groups in total. The van der Waals surface area contributed by atoms with Crippen molar-refractivity contribution in [2.24, 2.45) is 11.8 Å². The third-order valence-corrected chi connectivity index (χ3v) is 3.55. The molecule has 0 aromatic carbocycles. The Balaban J connectivity index is 2.69. The molecule has 1 aliphatic rings. The maximum absolute atomic E-state index is 10.2. The lowest BCUT2D eigenvalue weighted by Gasteiger charge is -2.42. The molecule has 2 unspecified atom stereocenters. The van der Waals surface area contributed by atoms with E-state index in [1.165, 1.54) is 19.3 Å². The van der Waals surface area contributed by atoms with Gasteiger partial charge in [-0.15, -0.1) is 0 Å². The first-order valence-electron chi connectivity index (χ1n) is 4.83. The SMILES string of the molecule is CCC1(O)C(C)CCCC1C. The van der Waals surface area contributed by atoms with Crippen LogP contribution in [0.4, 0.5) is 0 Å². The molecule has 1 rings (SSSR count). The minimum atomic E-state index is -0.363. The van der Waals surface area contributed by atoms with Gasteiger partial charge in [-0.1, -0.05) is 27.2 Å². The summed E-state index contributed by atoms with van der Waals surface area (Å²) < 4.78 is 0. The Morgan fingerprint density at radius 1 is 1.27 bits per heavy atom. The molecule has 0 aromatic heterocycles. The first-order chi connectivity index (χ1) is 5.11. The van der Waals surface area contributed by atoms with E-state index in [0.29, 0.717) is 11.8 Å². The largest absolute Gasteiger partial charge is 0.389 e. The lowest BCUT2D eigenvalue weighted by atomic mass is 9.68. The van der Waals surface area contributed by atoms with Crippen LogP contribution < -0.4 is 0 Å². The summed E-state index contributed by atoms with van der Waals surface area (Å²) in [6, 6.07) is 0. The molecule has 1 aliphatic carbocycles. The second-order valence-electron chi connectivity index (χ2n) is 4.08. The van der Waals surface area contributed by atoms with E-state index in [1.807, 2.05) is 0 Å². The summed E-state index contributed by atoms with van der Waals surface area (Å²) >= 11 is 0. The Hall–Kier alpha value is -0.0400. The second kappa shape index (κ2) is 3.14. The highest BCUT2D eigenvalue weighted by atomic mass is 16.3. The Bertz CT molecular complexity index is 121. The molecule has 0 aliphatic heterocycles. The molecule has 0 bridgehead atoms. The topological polar surface area (TPSA) is 20.2 Å². The molecule has 0 spiro atoms. The van der Waals surface area contributed by atoms with Crippen molar-refractivity contribution in [1.29, 1.82) is 0 Å². The lowest BCUT2D eigenvalue weighted by Crippen LogP contribution is -2.45. The zero-order valence-electron chi connectivity index (χ0n) is 7.93. The number of rotatable bonds is 1. The van der Waals surface area contributed by atoms with Crippen LogP contribution in [-0.2, 0) is 0 Å². The van der Waals surface area contributed by atoms with Gasteiger partial charge in [-0.3, -0.25) is 0 Å². The predicted molar refractivity (Wildman–Crippen MR) is 47.4 cm³/mol. The molecular weight excluding hydrogens is 136 g/mol. The van der Waals surface area contributed by atoms with Gasteiger partial charge in [0.25, 0.3) is 0 Å². The number of aliphatic hydroxyl groups is 1. The molecule has 0 heterocycles. The van der Waals surface area contributed by atoms with Crippen LogP contribution in [0.25, 0.3) is 0 Å². The monoisotopic (exact) mass is 156 g/mol. The molecule has 0 radical (unpaired) electrons. The minimum absolute atomic E-state index is 0.363. The van der Waals surface area contributed by atoms with Crippen LogP contribution >= 0.6 is 0 Å². The highest BCUT2D eigenvalue weighted by Gasteiger charge is 2.39. The average Bonchev–Trinajstić information content (AvgIpc) is 2.00. The summed E-state index contributed by atoms with van der Waals surface area (Å²) in [7, 11) is 0. The third kappa shape index (κ3) is 1.44. The summed E-state index contributed by atoms with van der Waals surface area (Å²) in [5, 5.41) is 10.2. The first kappa shape index (κ1) is 9.05. The van der Waals surface area contributed by atoms with Gasteiger partial charge in [0.1, 0.15) is 0 Å². The van der Waals surface area contributed by atoms with Gasteiger partial charge >= 0.3 is 0 Å². The van der Waals surface area contributed by atoms with E-state index in [9.17, 15) is 5.11 Å². The maximum atomic E-state index is 10.2. The van der Waals surface area contributed by atoms with Gasteiger partial charge in [-0.25, -0.2) is 0 Å². The Labute approximate surface area is 69.8 Å². The van der Waals surface area contributed by atoms with Gasteiger partial charge < -0.3 is 5.11 Å². The van der Waals surface area contributed by atoms with Crippen molar-refractivity contribution in [2.75, 3.05) is 0 Å². The van der Waals surface area contributed by atoms with Crippen LogP contribution in [-0.4, -0.2) is 10.7 Å². The molecule has 2 atom stereocenters. The van der Waals surface area contributed by atoms with E-state index >= 15 is 0 Å². The molecular formula is C10H20O. The maximum Gasteiger partial charge on any atom is 0.0695 e. The molecule has 66 valence electrons. The molecule has 11 heavy (non-hydrogen) atoms. The van der Waals surface area contributed by atoms with E-state index in [0.717, 1.165) is 6.42 Å². The molecule has 0 saturated heterocycles. The minimum Gasteiger partial charge on any atom is -0.389 e. The highest BCUT2D eigenvalue weighted by Crippen LogP contribution is 2.39. The fourth-order valence-corrected chi connectivity index (χ4v) is 2.41. The summed E-state index contributed by atoms with van der Waals surface area (Å²) in [5.74, 6) is 0.993. The summed E-state index contributed by atoms with van der Waals surface area (Å²) in [5.41, 5.74) is -0.363. The van der Waals surface area contributed by atoms with Crippen molar-refractivity contribution in [3.63, 3.8) is 0 Å². The number of hydrogen-bond acceptors (Lipinski definition) is 1. The summed E-state index contributed by atoms with van der Waals surface area (Å²) in [6.07, 6.45) is 4.61. The van der Waals surface area contributed by atoms with Crippen molar-refractivity contribution in [1.82, 2.24) is 0 Å². The Morgan fingerprint density at radius 3 is 2.00 bits per heavy atom. The predicted octanol–water partition coefficient (Wildman–Crippen LogP) is 2.58. The van der Waals surface area contributed by atoms with Gasteiger partial charge in [0, 0.05) is 0 Å². The van der Waals surface area contributed by atoms with Gasteiger partial charge in [0.15, 0.2) is 0 Å². The van der Waals surface area contributed by atoms with Crippen molar-refractivity contribution in [3.8, 4) is 0 Å². The van der Waals surface area contributed by atoms with Crippen molar-refractivity contribution >= 4 is 0 Å². The Morgan fingerprint density at radius 2 is 1.73 bits per heavy atom. The van der Waals surface area contributed by atoms with E-state index in [2.05, 4.69) is 20.8 Å². The summed E-state index contributed by atoms with van der Waals surface area (Å²) in [6.45, 7) is 6.46. The molecule has 1 nitrogen and oxygen atoms in total. The van der Waals surface area contributed by atoms with Crippen LogP contribution in [0.15, 0.2) is 0 Å². The third-order valence-electron chi connectivity index (χ3n) is 3.55. The fourth-order valence-electron chi connectivity index (χ4n) is 2.41. The van der Waals surface area contributed by atoms with Crippen LogP contribution in [0.3, 0.4) is 0 Å². The molecule has 0 amide bonds. The van der Waals surface area contributed by atoms with Crippen LogP contribution in [0, 0.1) is 11.8 Å². The number of hydrogen-bond donors (Lipinski definition) is 1. The van der Waals surface area contributed by atoms with E-state index in [1.54, 1.807) is 0 Å². The van der Waals surface area contributed by atoms with Gasteiger partial charge in [-0.2, -0.15) is 0 Å². The Kier molecular flexibility index (Phi) is 2.58. The molecule has 0 aromatic rings. The van der Waals surface area contributed by atoms with Crippen molar-refractivity contribution in [3.05, 3.63) is 0 Å². The summed E-state index contributed by atoms with van der Waals surface area (Å²) in [4.78, 5) is 0. The van der Waals surface area contributed by atoms with Crippen molar-refractivity contribution in [2.45, 2.75) is 52.1 Å². The fraction of sp³-hybridized carbons (Fsp3) is 1.00. The van der Waals surface area contributed by atoms with Gasteiger partial charge in [0.2, 0.25) is 0 Å². The molecule has 1 heteroatoms. The van der Waals surface area contributed by atoms with E-state index in [-0.39, 0.29) is 5.60 Å². The van der Waals surface area contributed by atoms with Crippen LogP contribution in [0.1, 0.15) is 46.5 Å². The second-order valence-corrected chi connectivity index (χ2v) is 4.08. The van der Waals surface area contributed by atoms with Crippen LogP contribution in [0.5, 0.6) is 0 Å². The van der Waals surface area contributed by atoms with Gasteiger partial charge in [0.05, 0.1) is 5.60 Å². The standard InChI is InChI=1S/C10H20O/c1-4-10(11)8(2)6-5-7-9(10)3/h8-9,11H,4-7H2,1-3H3. The first-order valence-corrected chi connectivity index (χ1v) is 4.83. The zero-order chi connectivity index (χ0) is 8.48. The smallest absolute Gasteiger partial charge is 0.0695 e. The molecule has 1 fully saturated rings. The lowest BCUT2D eigenvalue weighted by molar-refractivity contribution is -0.0848. The molecule has 1 saturated carbocycles. The van der Waals surface area contributed by atoms with E-state index in [4.69, 9.17) is 0 Å². The van der Waals surface area contributed by atoms with E-state index < -0.39 is 0 Å².